The minimum atomic E-state index is -0.404. The molecule has 0 unspecified atom stereocenters. The summed E-state index contributed by atoms with van der Waals surface area (Å²) in [6, 6.07) is 7.08. The Hall–Kier alpha value is -2.28. The van der Waals surface area contributed by atoms with Crippen LogP contribution in [0, 0.1) is 0 Å². The van der Waals surface area contributed by atoms with Crippen LogP contribution in [0.5, 0.6) is 0 Å². The van der Waals surface area contributed by atoms with Crippen LogP contribution in [0.15, 0.2) is 24.3 Å². The van der Waals surface area contributed by atoms with Gasteiger partial charge >= 0.3 is 12.1 Å². The number of anilines is 2. The molecule has 7 heteroatoms. The first-order chi connectivity index (χ1) is 11.5. The van der Waals surface area contributed by atoms with Crippen molar-refractivity contribution in [3.05, 3.63) is 24.3 Å². The summed E-state index contributed by atoms with van der Waals surface area (Å²) in [5, 5.41) is 5.82. The Kier molecular flexibility index (Phi) is 6.43. The molecule has 2 N–H and O–H groups in total. The number of hydrogen-bond acceptors (Lipinski definition) is 4. The van der Waals surface area contributed by atoms with Crippen LogP contribution in [-0.4, -0.2) is 56.9 Å². The van der Waals surface area contributed by atoms with Gasteiger partial charge in [0, 0.05) is 24.5 Å². The zero-order chi connectivity index (χ0) is 17.5. The summed E-state index contributed by atoms with van der Waals surface area (Å²) in [6.45, 7) is 4.10. The third-order valence-electron chi connectivity index (χ3n) is 4.11. The predicted octanol–water partition coefficient (Wildman–Crippen LogP) is 2.50. The van der Waals surface area contributed by atoms with E-state index in [-0.39, 0.29) is 12.1 Å². The van der Waals surface area contributed by atoms with E-state index in [2.05, 4.69) is 22.6 Å². The van der Waals surface area contributed by atoms with Crippen molar-refractivity contribution in [1.29, 1.82) is 0 Å². The van der Waals surface area contributed by atoms with Gasteiger partial charge in [-0.05, 0) is 64.2 Å². The van der Waals surface area contributed by atoms with E-state index < -0.39 is 6.09 Å². The summed E-state index contributed by atoms with van der Waals surface area (Å²) in [5.41, 5.74) is 1.39. The Labute approximate surface area is 142 Å². The molecular formula is C17H26N4O3. The van der Waals surface area contributed by atoms with Crippen LogP contribution in [-0.2, 0) is 4.74 Å². The average molecular weight is 334 g/mol. The van der Waals surface area contributed by atoms with Crippen LogP contribution in [0.25, 0.3) is 0 Å². The largest absolute Gasteiger partial charge is 0.449 e. The molecule has 24 heavy (non-hydrogen) atoms. The molecule has 1 heterocycles. The van der Waals surface area contributed by atoms with E-state index in [1.54, 1.807) is 38.2 Å². The van der Waals surface area contributed by atoms with Crippen molar-refractivity contribution in [2.75, 3.05) is 44.0 Å². The normalized spacial score (nSPS) is 15.6. The highest BCUT2D eigenvalue weighted by molar-refractivity contribution is 5.91. The molecule has 1 aromatic carbocycles. The van der Waals surface area contributed by atoms with E-state index in [1.165, 1.54) is 4.90 Å². The van der Waals surface area contributed by atoms with Gasteiger partial charge in [0.2, 0.25) is 0 Å². The first kappa shape index (κ1) is 18.1. The molecule has 1 aromatic rings. The van der Waals surface area contributed by atoms with Crippen molar-refractivity contribution in [3.63, 3.8) is 0 Å². The minimum Gasteiger partial charge on any atom is -0.449 e. The number of nitrogens with one attached hydrogen (secondary N) is 2. The molecular weight excluding hydrogens is 308 g/mol. The van der Waals surface area contributed by atoms with Crippen molar-refractivity contribution in [2.24, 2.45) is 0 Å². The fourth-order valence-corrected chi connectivity index (χ4v) is 2.60. The van der Waals surface area contributed by atoms with E-state index in [0.29, 0.717) is 18.0 Å². The minimum absolute atomic E-state index is 0.198. The predicted molar refractivity (Wildman–Crippen MR) is 94.5 cm³/mol. The maximum absolute atomic E-state index is 12.1. The number of nitrogens with zero attached hydrogens (tertiary/aromatic N) is 2. The molecule has 7 nitrogen and oxygen atoms in total. The number of urea groups is 1. The number of carbonyl (C=O) groups excluding carboxylic acids is 2. The van der Waals surface area contributed by atoms with E-state index in [1.807, 2.05) is 0 Å². The molecule has 132 valence electrons. The molecule has 0 saturated carbocycles. The van der Waals surface area contributed by atoms with Crippen molar-refractivity contribution in [1.82, 2.24) is 10.2 Å². The van der Waals surface area contributed by atoms with E-state index in [4.69, 9.17) is 4.74 Å². The molecule has 0 atom stereocenters. The number of amides is 3. The fourth-order valence-electron chi connectivity index (χ4n) is 2.60. The Bertz CT molecular complexity index is 553. The molecule has 1 saturated heterocycles. The van der Waals surface area contributed by atoms with Crippen LogP contribution < -0.4 is 15.5 Å². The van der Waals surface area contributed by atoms with Crippen molar-refractivity contribution in [3.8, 4) is 0 Å². The highest BCUT2D eigenvalue weighted by Gasteiger charge is 2.18. The van der Waals surface area contributed by atoms with Crippen LogP contribution in [0.3, 0.4) is 0 Å². The van der Waals surface area contributed by atoms with Crippen LogP contribution >= 0.6 is 0 Å². The highest BCUT2D eigenvalue weighted by Crippen LogP contribution is 2.18. The molecule has 0 aromatic heterocycles. The lowest BCUT2D eigenvalue weighted by molar-refractivity contribution is 0.161. The van der Waals surface area contributed by atoms with E-state index >= 15 is 0 Å². The second-order valence-corrected chi connectivity index (χ2v) is 5.98. The van der Waals surface area contributed by atoms with Gasteiger partial charge < -0.3 is 20.3 Å². The van der Waals surface area contributed by atoms with Gasteiger partial charge in [-0.25, -0.2) is 9.59 Å². The van der Waals surface area contributed by atoms with Crippen molar-refractivity contribution >= 4 is 23.5 Å². The smallest absolute Gasteiger partial charge is 0.413 e. The van der Waals surface area contributed by atoms with Gasteiger partial charge in [0.25, 0.3) is 0 Å². The van der Waals surface area contributed by atoms with E-state index in [0.717, 1.165) is 25.9 Å². The van der Waals surface area contributed by atoms with Gasteiger partial charge in [-0.3, -0.25) is 4.90 Å². The second-order valence-electron chi connectivity index (χ2n) is 5.98. The number of rotatable bonds is 4. The number of likely N-dealkylation sites (tertiary alicyclic amines) is 1. The van der Waals surface area contributed by atoms with Gasteiger partial charge in [-0.15, -0.1) is 0 Å². The van der Waals surface area contributed by atoms with Gasteiger partial charge in [-0.1, -0.05) is 0 Å². The standard InChI is InChI=1S/C17H26N4O3/c1-4-24-17(23)21(3)15-7-5-13(6-8-15)18-16(22)19-14-9-11-20(2)12-10-14/h5-8,14H,4,9-12H2,1-3H3,(H2,18,19,22). The second kappa shape index (κ2) is 8.54. The maximum atomic E-state index is 12.1. The van der Waals surface area contributed by atoms with Gasteiger partial charge in [0.1, 0.15) is 0 Å². The third-order valence-corrected chi connectivity index (χ3v) is 4.11. The summed E-state index contributed by atoms with van der Waals surface area (Å²) < 4.78 is 4.95. The van der Waals surface area contributed by atoms with E-state index in [9.17, 15) is 9.59 Å². The Morgan fingerprint density at radius 2 is 1.88 bits per heavy atom. The van der Waals surface area contributed by atoms with Crippen LogP contribution in [0.1, 0.15) is 19.8 Å². The number of ether oxygens (including phenoxy) is 1. The molecule has 0 aliphatic carbocycles. The average Bonchev–Trinajstić information content (AvgIpc) is 2.57. The first-order valence-electron chi connectivity index (χ1n) is 8.26. The monoisotopic (exact) mass is 334 g/mol. The van der Waals surface area contributed by atoms with Gasteiger partial charge in [0.15, 0.2) is 0 Å². The van der Waals surface area contributed by atoms with Crippen LogP contribution in [0.2, 0.25) is 0 Å². The Morgan fingerprint density at radius 1 is 1.25 bits per heavy atom. The molecule has 0 radical (unpaired) electrons. The lowest BCUT2D eigenvalue weighted by Gasteiger charge is -2.29. The first-order valence-corrected chi connectivity index (χ1v) is 8.26. The molecule has 0 bridgehead atoms. The molecule has 2 rings (SSSR count). The zero-order valence-corrected chi connectivity index (χ0v) is 14.5. The fraction of sp³-hybridized carbons (Fsp3) is 0.529. The highest BCUT2D eigenvalue weighted by atomic mass is 16.6. The number of piperidine rings is 1. The SMILES string of the molecule is CCOC(=O)N(C)c1ccc(NC(=O)NC2CCN(C)CC2)cc1. The molecule has 1 aliphatic rings. The summed E-state index contributed by atoms with van der Waals surface area (Å²) in [5.74, 6) is 0. The Morgan fingerprint density at radius 3 is 2.46 bits per heavy atom. The molecule has 3 amide bonds. The van der Waals surface area contributed by atoms with Crippen molar-refractivity contribution < 1.29 is 14.3 Å². The number of benzene rings is 1. The lowest BCUT2D eigenvalue weighted by atomic mass is 10.1. The van der Waals surface area contributed by atoms with Gasteiger partial charge in [0.05, 0.1) is 6.61 Å². The zero-order valence-electron chi connectivity index (χ0n) is 14.5. The maximum Gasteiger partial charge on any atom is 0.413 e. The summed E-state index contributed by atoms with van der Waals surface area (Å²) in [6.07, 6.45) is 1.53. The van der Waals surface area contributed by atoms with Gasteiger partial charge in [-0.2, -0.15) is 0 Å². The van der Waals surface area contributed by atoms with Crippen molar-refractivity contribution in [2.45, 2.75) is 25.8 Å². The van der Waals surface area contributed by atoms with Crippen LogP contribution in [0.4, 0.5) is 21.0 Å². The number of carbonyl (C=O) groups is 2. The quantitative estimate of drug-likeness (QED) is 0.887. The summed E-state index contributed by atoms with van der Waals surface area (Å²) in [7, 11) is 3.73. The number of hydrogen-bond donors (Lipinski definition) is 2. The topological polar surface area (TPSA) is 73.9 Å². The summed E-state index contributed by atoms with van der Waals surface area (Å²) >= 11 is 0. The molecule has 1 aliphatic heterocycles. The lowest BCUT2D eigenvalue weighted by Crippen LogP contribution is -2.44. The molecule has 1 fully saturated rings. The summed E-state index contributed by atoms with van der Waals surface area (Å²) in [4.78, 5) is 27.4. The Balaban J connectivity index is 1.84. The molecule has 0 spiro atoms. The third kappa shape index (κ3) is 5.13.